The molecule has 2 amide bonds. The molecule has 6 heteroatoms. The number of benzene rings is 1. The number of unbranched alkanes of at least 4 members (excludes halogenated alkanes) is 1. The predicted molar refractivity (Wildman–Crippen MR) is 82.7 cm³/mol. The topological polar surface area (TPSA) is 83.9 Å². The van der Waals surface area contributed by atoms with Crippen molar-refractivity contribution in [2.24, 2.45) is 5.18 Å². The van der Waals surface area contributed by atoms with Crippen LogP contribution in [0.25, 0.3) is 0 Å². The highest BCUT2D eigenvalue weighted by molar-refractivity contribution is 6.05. The van der Waals surface area contributed by atoms with E-state index < -0.39 is 11.8 Å². The minimum Gasteiger partial charge on any atom is -0.316 e. The second kappa shape index (κ2) is 7.97. The van der Waals surface area contributed by atoms with Crippen LogP contribution < -0.4 is 0 Å². The number of amides is 2. The lowest BCUT2D eigenvalue weighted by atomic mass is 10.0. The van der Waals surface area contributed by atoms with Crippen LogP contribution in [0.2, 0.25) is 0 Å². The van der Waals surface area contributed by atoms with E-state index in [0.29, 0.717) is 6.29 Å². The summed E-state index contributed by atoms with van der Waals surface area (Å²) in [5, 5.41) is 2.32. The van der Waals surface area contributed by atoms with E-state index in [1.54, 1.807) is 14.0 Å². The van der Waals surface area contributed by atoms with Gasteiger partial charge in [0.25, 0.3) is 5.91 Å². The lowest BCUT2D eigenvalue weighted by Crippen LogP contribution is -2.26. The summed E-state index contributed by atoms with van der Waals surface area (Å²) in [4.78, 5) is 46.7. The van der Waals surface area contributed by atoms with Crippen molar-refractivity contribution in [3.8, 4) is 0 Å². The molecule has 0 aromatic heterocycles. The molecule has 0 saturated carbocycles. The van der Waals surface area contributed by atoms with Gasteiger partial charge < -0.3 is 4.90 Å². The Bertz CT molecular complexity index is 635. The number of rotatable bonds is 6. The molecule has 0 bridgehead atoms. The number of allylic oxidation sites excluding steroid dienone is 2. The van der Waals surface area contributed by atoms with E-state index in [9.17, 15) is 19.3 Å². The van der Waals surface area contributed by atoms with Crippen LogP contribution in [-0.4, -0.2) is 30.0 Å². The molecule has 0 N–H and O–H groups in total. The van der Waals surface area contributed by atoms with Gasteiger partial charge in [0.1, 0.15) is 0 Å². The van der Waals surface area contributed by atoms with Crippen LogP contribution in [0.5, 0.6) is 0 Å². The summed E-state index contributed by atoms with van der Waals surface area (Å²) < 4.78 is 0. The average Bonchev–Trinajstić information content (AvgIpc) is 2.56. The molecule has 0 fully saturated rings. The largest absolute Gasteiger partial charge is 0.316 e. The van der Waals surface area contributed by atoms with Gasteiger partial charge in [-0.05, 0) is 25.5 Å². The Morgan fingerprint density at radius 3 is 2.55 bits per heavy atom. The van der Waals surface area contributed by atoms with Gasteiger partial charge in [-0.15, -0.1) is 4.91 Å². The molecule has 0 saturated heterocycles. The van der Waals surface area contributed by atoms with Crippen molar-refractivity contribution in [2.45, 2.75) is 26.7 Å². The maximum Gasteiger partial charge on any atom is 0.316 e. The van der Waals surface area contributed by atoms with E-state index in [0.717, 1.165) is 18.5 Å². The SMILES string of the molecule is CCC/C=C(\C)N(C)C(=O)c1cc(C(=O)N=O)ccc1C=O. The smallest absolute Gasteiger partial charge is 0.316 e. The Hall–Kier alpha value is -2.63. The van der Waals surface area contributed by atoms with Gasteiger partial charge in [0, 0.05) is 29.0 Å². The fourth-order valence-corrected chi connectivity index (χ4v) is 1.86. The molecular weight excluding hydrogens is 284 g/mol. The summed E-state index contributed by atoms with van der Waals surface area (Å²) >= 11 is 0. The third kappa shape index (κ3) is 3.94. The van der Waals surface area contributed by atoms with Crippen LogP contribution in [0.3, 0.4) is 0 Å². The van der Waals surface area contributed by atoms with E-state index >= 15 is 0 Å². The van der Waals surface area contributed by atoms with Gasteiger partial charge in [0.2, 0.25) is 0 Å². The maximum absolute atomic E-state index is 12.5. The molecule has 1 rings (SSSR count). The highest BCUT2D eigenvalue weighted by atomic mass is 16.3. The van der Waals surface area contributed by atoms with Gasteiger partial charge in [-0.3, -0.25) is 14.4 Å². The fourth-order valence-electron chi connectivity index (χ4n) is 1.86. The maximum atomic E-state index is 12.5. The Morgan fingerprint density at radius 1 is 1.32 bits per heavy atom. The molecule has 116 valence electrons. The normalized spacial score (nSPS) is 11.0. The zero-order chi connectivity index (χ0) is 16.7. The molecule has 1 aromatic rings. The first-order valence-electron chi connectivity index (χ1n) is 6.88. The fraction of sp³-hybridized carbons (Fsp3) is 0.312. The number of hydrogen-bond donors (Lipinski definition) is 0. The highest BCUT2D eigenvalue weighted by Gasteiger charge is 2.19. The minimum atomic E-state index is -0.979. The van der Waals surface area contributed by atoms with Crippen LogP contribution in [0.1, 0.15) is 57.8 Å². The van der Waals surface area contributed by atoms with E-state index in [2.05, 4.69) is 5.18 Å². The summed E-state index contributed by atoms with van der Waals surface area (Å²) in [6.45, 7) is 3.81. The van der Waals surface area contributed by atoms with Crippen molar-refractivity contribution in [3.05, 3.63) is 51.6 Å². The molecule has 0 aliphatic heterocycles. The number of nitrogens with zero attached hydrogens (tertiary/aromatic N) is 2. The quantitative estimate of drug-likeness (QED) is 0.596. The number of aldehydes is 1. The first-order valence-corrected chi connectivity index (χ1v) is 6.88. The molecule has 0 spiro atoms. The lowest BCUT2D eigenvalue weighted by molar-refractivity contribution is 0.0832. The number of carbonyl (C=O) groups excluding carboxylic acids is 3. The first kappa shape index (κ1) is 17.4. The van der Waals surface area contributed by atoms with Crippen molar-refractivity contribution in [3.63, 3.8) is 0 Å². The minimum absolute atomic E-state index is 0.0208. The van der Waals surface area contributed by atoms with Gasteiger partial charge in [0.05, 0.1) is 5.56 Å². The van der Waals surface area contributed by atoms with Crippen LogP contribution in [-0.2, 0) is 0 Å². The highest BCUT2D eigenvalue weighted by Crippen LogP contribution is 2.16. The summed E-state index contributed by atoms with van der Waals surface area (Å²) in [6, 6.07) is 3.85. The van der Waals surface area contributed by atoms with Crippen molar-refractivity contribution < 1.29 is 14.4 Å². The first-order chi connectivity index (χ1) is 10.5. The summed E-state index contributed by atoms with van der Waals surface area (Å²) in [6.07, 6.45) is 4.24. The molecule has 0 heterocycles. The molecule has 1 aromatic carbocycles. The van der Waals surface area contributed by atoms with E-state index in [1.165, 1.54) is 23.1 Å². The molecule has 0 unspecified atom stereocenters. The molecule has 6 nitrogen and oxygen atoms in total. The lowest BCUT2D eigenvalue weighted by Gasteiger charge is -2.19. The number of hydrogen-bond acceptors (Lipinski definition) is 4. The van der Waals surface area contributed by atoms with Gasteiger partial charge >= 0.3 is 5.91 Å². The molecule has 0 aliphatic rings. The van der Waals surface area contributed by atoms with Crippen LogP contribution in [0.15, 0.2) is 35.1 Å². The molecule has 22 heavy (non-hydrogen) atoms. The van der Waals surface area contributed by atoms with Crippen LogP contribution in [0, 0.1) is 4.91 Å². The van der Waals surface area contributed by atoms with Gasteiger partial charge in [0.15, 0.2) is 6.29 Å². The van der Waals surface area contributed by atoms with Crippen LogP contribution in [0.4, 0.5) is 0 Å². The standard InChI is InChI=1S/C16H18N2O4/c1-4-5-6-11(2)18(3)16(21)14-9-12(15(20)17-22)7-8-13(14)10-19/h6-10H,4-5H2,1-3H3/b11-6+. The van der Waals surface area contributed by atoms with E-state index in [4.69, 9.17) is 0 Å². The Morgan fingerprint density at radius 2 is 2.00 bits per heavy atom. The number of nitroso groups, excluding NO2 is 1. The van der Waals surface area contributed by atoms with Crippen molar-refractivity contribution >= 4 is 18.1 Å². The Kier molecular flexibility index (Phi) is 6.31. The zero-order valence-electron chi connectivity index (χ0n) is 12.8. The summed E-state index contributed by atoms with van der Waals surface area (Å²) in [5.41, 5.74) is 0.945. The monoisotopic (exact) mass is 302 g/mol. The van der Waals surface area contributed by atoms with E-state index in [-0.39, 0.29) is 16.7 Å². The van der Waals surface area contributed by atoms with Crippen LogP contribution >= 0.6 is 0 Å². The third-order valence-electron chi connectivity index (χ3n) is 3.30. The molecule has 0 atom stereocenters. The Labute approximate surface area is 128 Å². The van der Waals surface area contributed by atoms with Crippen molar-refractivity contribution in [2.75, 3.05) is 7.05 Å². The Balaban J connectivity index is 3.22. The second-order valence-electron chi connectivity index (χ2n) is 4.81. The summed E-state index contributed by atoms with van der Waals surface area (Å²) in [7, 11) is 1.59. The van der Waals surface area contributed by atoms with Gasteiger partial charge in [-0.2, -0.15) is 0 Å². The molecule has 0 radical (unpaired) electrons. The predicted octanol–water partition coefficient (Wildman–Crippen LogP) is 3.18. The number of carbonyl (C=O) groups is 3. The molecule has 0 aliphatic carbocycles. The van der Waals surface area contributed by atoms with Crippen molar-refractivity contribution in [1.82, 2.24) is 4.90 Å². The van der Waals surface area contributed by atoms with Crippen molar-refractivity contribution in [1.29, 1.82) is 0 Å². The van der Waals surface area contributed by atoms with E-state index in [1.807, 2.05) is 13.0 Å². The average molecular weight is 302 g/mol. The molecular formula is C16H18N2O4. The zero-order valence-corrected chi connectivity index (χ0v) is 12.8. The third-order valence-corrected chi connectivity index (χ3v) is 3.30. The van der Waals surface area contributed by atoms with Gasteiger partial charge in [-0.1, -0.05) is 25.5 Å². The second-order valence-corrected chi connectivity index (χ2v) is 4.81. The summed E-state index contributed by atoms with van der Waals surface area (Å²) in [5.74, 6) is -1.40. The van der Waals surface area contributed by atoms with Gasteiger partial charge in [-0.25, -0.2) is 0 Å².